The van der Waals surface area contributed by atoms with Gasteiger partial charge in [0.1, 0.15) is 5.82 Å². The van der Waals surface area contributed by atoms with Crippen LogP contribution in [0.4, 0.5) is 9.18 Å². The Balaban J connectivity index is 2.42. The molecule has 0 aliphatic heterocycles. The lowest BCUT2D eigenvalue weighted by molar-refractivity contribution is -0.137. The molecular weight excluding hydrogens is 275 g/mol. The average molecular weight is 296 g/mol. The zero-order valence-corrected chi connectivity index (χ0v) is 12.4. The molecule has 116 valence electrons. The third-order valence-electron chi connectivity index (χ3n) is 3.24. The van der Waals surface area contributed by atoms with E-state index < -0.39 is 5.97 Å². The smallest absolute Gasteiger partial charge is 0.317 e. The Labute approximate surface area is 123 Å². The number of aliphatic carboxylic acids is 1. The van der Waals surface area contributed by atoms with Gasteiger partial charge in [-0.05, 0) is 43.5 Å². The van der Waals surface area contributed by atoms with Crippen molar-refractivity contribution >= 4 is 12.0 Å². The van der Waals surface area contributed by atoms with E-state index in [9.17, 15) is 14.0 Å². The first-order chi connectivity index (χ1) is 9.93. The van der Waals surface area contributed by atoms with Crippen molar-refractivity contribution < 1.29 is 19.1 Å². The van der Waals surface area contributed by atoms with E-state index in [0.717, 1.165) is 11.1 Å². The predicted molar refractivity (Wildman–Crippen MR) is 77.7 cm³/mol. The van der Waals surface area contributed by atoms with Crippen molar-refractivity contribution in [1.29, 1.82) is 0 Å². The highest BCUT2D eigenvalue weighted by Crippen LogP contribution is 2.10. The molecule has 0 unspecified atom stereocenters. The van der Waals surface area contributed by atoms with E-state index in [1.807, 2.05) is 6.92 Å². The minimum absolute atomic E-state index is 0.0711. The quantitative estimate of drug-likeness (QED) is 0.810. The van der Waals surface area contributed by atoms with Gasteiger partial charge in [-0.1, -0.05) is 6.07 Å². The molecule has 0 bridgehead atoms. The third-order valence-corrected chi connectivity index (χ3v) is 3.24. The van der Waals surface area contributed by atoms with Gasteiger partial charge in [0.05, 0.1) is 6.42 Å². The zero-order chi connectivity index (χ0) is 15.8. The van der Waals surface area contributed by atoms with Gasteiger partial charge in [0.25, 0.3) is 0 Å². The topological polar surface area (TPSA) is 69.6 Å². The number of aryl methyl sites for hydroxylation is 1. The molecule has 0 atom stereocenters. The van der Waals surface area contributed by atoms with Crippen molar-refractivity contribution in [3.05, 3.63) is 35.1 Å². The molecule has 2 amide bonds. The number of carbonyl (C=O) groups is 2. The summed E-state index contributed by atoms with van der Waals surface area (Å²) in [5.41, 5.74) is 1.83. The maximum atomic E-state index is 13.0. The Morgan fingerprint density at radius 1 is 1.38 bits per heavy atom. The van der Waals surface area contributed by atoms with Crippen LogP contribution in [0.15, 0.2) is 18.2 Å². The number of carboxylic acid groups (broad SMARTS) is 1. The molecule has 0 saturated heterocycles. The van der Waals surface area contributed by atoms with Gasteiger partial charge in [0, 0.05) is 19.6 Å². The van der Waals surface area contributed by atoms with Gasteiger partial charge in [0.15, 0.2) is 0 Å². The number of nitrogens with zero attached hydrogens (tertiary/aromatic N) is 1. The normalized spacial score (nSPS) is 10.2. The van der Waals surface area contributed by atoms with E-state index in [1.165, 1.54) is 17.0 Å². The first kappa shape index (κ1) is 16.9. The van der Waals surface area contributed by atoms with Crippen molar-refractivity contribution in [2.75, 3.05) is 19.6 Å². The molecule has 0 spiro atoms. The number of amides is 2. The summed E-state index contributed by atoms with van der Waals surface area (Å²) in [5, 5.41) is 11.4. The van der Waals surface area contributed by atoms with Gasteiger partial charge in [-0.25, -0.2) is 9.18 Å². The van der Waals surface area contributed by atoms with Crippen LogP contribution in [0.1, 0.15) is 24.5 Å². The number of nitrogens with one attached hydrogen (secondary N) is 1. The molecule has 0 saturated carbocycles. The van der Waals surface area contributed by atoms with Crippen molar-refractivity contribution in [1.82, 2.24) is 10.2 Å². The van der Waals surface area contributed by atoms with Gasteiger partial charge in [-0.15, -0.1) is 0 Å². The van der Waals surface area contributed by atoms with Crippen molar-refractivity contribution in [2.24, 2.45) is 0 Å². The van der Waals surface area contributed by atoms with Crippen molar-refractivity contribution in [2.45, 2.75) is 26.7 Å². The van der Waals surface area contributed by atoms with Crippen LogP contribution in [-0.2, 0) is 11.2 Å². The minimum atomic E-state index is -0.928. The third kappa shape index (κ3) is 5.81. The molecule has 1 aromatic rings. The SMILES string of the molecule is CCN(CCC(=O)O)C(=O)NCCc1ccc(F)cc1C. The second-order valence-electron chi connectivity index (χ2n) is 4.78. The van der Waals surface area contributed by atoms with Crippen molar-refractivity contribution in [3.63, 3.8) is 0 Å². The van der Waals surface area contributed by atoms with Gasteiger partial charge < -0.3 is 15.3 Å². The molecule has 0 fully saturated rings. The monoisotopic (exact) mass is 296 g/mol. The molecule has 0 heterocycles. The fraction of sp³-hybridized carbons (Fsp3) is 0.467. The maximum absolute atomic E-state index is 13.0. The molecular formula is C15H21FN2O3. The molecule has 1 rings (SSSR count). The van der Waals surface area contributed by atoms with E-state index in [-0.39, 0.29) is 24.8 Å². The summed E-state index contributed by atoms with van der Waals surface area (Å²) in [6, 6.07) is 4.29. The number of urea groups is 1. The molecule has 2 N–H and O–H groups in total. The fourth-order valence-electron chi connectivity index (χ4n) is 1.99. The van der Waals surface area contributed by atoms with Gasteiger partial charge in [-0.3, -0.25) is 4.79 Å². The van der Waals surface area contributed by atoms with E-state index >= 15 is 0 Å². The average Bonchev–Trinajstić information content (AvgIpc) is 2.41. The summed E-state index contributed by atoms with van der Waals surface area (Å²) < 4.78 is 13.0. The summed E-state index contributed by atoms with van der Waals surface area (Å²) in [6.45, 7) is 4.69. The fourth-order valence-corrected chi connectivity index (χ4v) is 1.99. The number of benzene rings is 1. The van der Waals surface area contributed by atoms with Gasteiger partial charge >= 0.3 is 12.0 Å². The molecule has 6 heteroatoms. The van der Waals surface area contributed by atoms with Crippen LogP contribution >= 0.6 is 0 Å². The van der Waals surface area contributed by atoms with E-state index in [4.69, 9.17) is 5.11 Å². The minimum Gasteiger partial charge on any atom is -0.481 e. The Morgan fingerprint density at radius 2 is 2.10 bits per heavy atom. The maximum Gasteiger partial charge on any atom is 0.317 e. The standard InChI is InChI=1S/C15H21FN2O3/c1-3-18(9-7-14(19)20)15(21)17-8-6-12-4-5-13(16)10-11(12)2/h4-5,10H,3,6-9H2,1-2H3,(H,17,21)(H,19,20). The zero-order valence-electron chi connectivity index (χ0n) is 12.4. The molecule has 0 aromatic heterocycles. The number of halogens is 1. The van der Waals surface area contributed by atoms with Crippen LogP contribution in [0.25, 0.3) is 0 Å². The van der Waals surface area contributed by atoms with Crippen LogP contribution in [0, 0.1) is 12.7 Å². The highest BCUT2D eigenvalue weighted by atomic mass is 19.1. The highest BCUT2D eigenvalue weighted by Gasteiger charge is 2.12. The summed E-state index contributed by atoms with van der Waals surface area (Å²) in [6.07, 6.45) is 0.534. The largest absolute Gasteiger partial charge is 0.481 e. The van der Waals surface area contributed by atoms with Crippen LogP contribution in [0.5, 0.6) is 0 Å². The number of hydrogen-bond donors (Lipinski definition) is 2. The summed E-state index contributed by atoms with van der Waals surface area (Å²) in [5.74, 6) is -1.20. The second kappa shape index (κ2) is 8.24. The number of carboxylic acids is 1. The Bertz CT molecular complexity index is 506. The predicted octanol–water partition coefficient (Wildman–Crippen LogP) is 2.18. The van der Waals surface area contributed by atoms with Crippen LogP contribution < -0.4 is 5.32 Å². The van der Waals surface area contributed by atoms with Crippen LogP contribution in [-0.4, -0.2) is 41.6 Å². The molecule has 5 nitrogen and oxygen atoms in total. The molecule has 0 aliphatic carbocycles. The van der Waals surface area contributed by atoms with Gasteiger partial charge in [0.2, 0.25) is 0 Å². The Kier molecular flexibility index (Phi) is 6.65. The number of carbonyl (C=O) groups excluding carboxylic acids is 1. The lowest BCUT2D eigenvalue weighted by Crippen LogP contribution is -2.41. The van der Waals surface area contributed by atoms with Crippen LogP contribution in [0.2, 0.25) is 0 Å². The summed E-state index contributed by atoms with van der Waals surface area (Å²) in [4.78, 5) is 23.8. The summed E-state index contributed by atoms with van der Waals surface area (Å²) in [7, 11) is 0. The molecule has 0 radical (unpaired) electrons. The number of hydrogen-bond acceptors (Lipinski definition) is 2. The highest BCUT2D eigenvalue weighted by molar-refractivity contribution is 5.75. The van der Waals surface area contributed by atoms with E-state index in [0.29, 0.717) is 19.5 Å². The van der Waals surface area contributed by atoms with Crippen molar-refractivity contribution in [3.8, 4) is 0 Å². The van der Waals surface area contributed by atoms with E-state index in [2.05, 4.69) is 5.32 Å². The van der Waals surface area contributed by atoms with Gasteiger partial charge in [-0.2, -0.15) is 0 Å². The Hall–Kier alpha value is -2.11. The Morgan fingerprint density at radius 3 is 2.67 bits per heavy atom. The second-order valence-corrected chi connectivity index (χ2v) is 4.78. The first-order valence-electron chi connectivity index (χ1n) is 6.93. The molecule has 21 heavy (non-hydrogen) atoms. The lowest BCUT2D eigenvalue weighted by atomic mass is 10.1. The van der Waals surface area contributed by atoms with E-state index in [1.54, 1.807) is 13.0 Å². The number of rotatable bonds is 7. The molecule has 1 aromatic carbocycles. The molecule has 0 aliphatic rings. The first-order valence-corrected chi connectivity index (χ1v) is 6.93. The lowest BCUT2D eigenvalue weighted by Gasteiger charge is -2.20. The summed E-state index contributed by atoms with van der Waals surface area (Å²) >= 11 is 0. The van der Waals surface area contributed by atoms with Crippen LogP contribution in [0.3, 0.4) is 0 Å².